The maximum atomic E-state index is 10.9. The van der Waals surface area contributed by atoms with Crippen LogP contribution in [0.15, 0.2) is 24.5 Å². The lowest BCUT2D eigenvalue weighted by Gasteiger charge is -2.11. The largest absolute Gasteiger partial charge is 0.478 e. The Hall–Kier alpha value is -1.88. The van der Waals surface area contributed by atoms with Crippen molar-refractivity contribution in [2.45, 2.75) is 19.3 Å². The Labute approximate surface area is 111 Å². The normalized spacial score (nSPS) is 20.2. The summed E-state index contributed by atoms with van der Waals surface area (Å²) >= 11 is 0. The molecule has 1 atom stereocenters. The van der Waals surface area contributed by atoms with Gasteiger partial charge in [-0.3, -0.25) is 0 Å². The molecular weight excluding hydrogens is 242 g/mol. The van der Waals surface area contributed by atoms with Gasteiger partial charge < -0.3 is 14.4 Å². The molecule has 0 aromatic carbocycles. The summed E-state index contributed by atoms with van der Waals surface area (Å²) in [4.78, 5) is 18.0. The molecule has 1 fully saturated rings. The van der Waals surface area contributed by atoms with Crippen LogP contribution in [0.3, 0.4) is 0 Å². The van der Waals surface area contributed by atoms with E-state index in [0.29, 0.717) is 5.92 Å². The van der Waals surface area contributed by atoms with Gasteiger partial charge in [0.25, 0.3) is 0 Å². The van der Waals surface area contributed by atoms with Gasteiger partial charge in [-0.05, 0) is 31.6 Å². The predicted molar refractivity (Wildman–Crippen MR) is 71.6 cm³/mol. The highest BCUT2D eigenvalue weighted by Gasteiger charge is 2.24. The first-order valence-electron chi connectivity index (χ1n) is 6.61. The molecule has 3 heterocycles. The molecule has 1 aliphatic rings. The number of rotatable bonds is 3. The molecule has 1 unspecified atom stereocenters. The predicted octanol–water partition coefficient (Wildman–Crippen LogP) is 1.84. The lowest BCUT2D eigenvalue weighted by atomic mass is 10.1. The number of hydrogen-bond acceptors (Lipinski definition) is 3. The first kappa shape index (κ1) is 12.2. The van der Waals surface area contributed by atoms with Gasteiger partial charge in [0.15, 0.2) is 0 Å². The highest BCUT2D eigenvalue weighted by atomic mass is 16.4. The molecule has 3 rings (SSSR count). The van der Waals surface area contributed by atoms with E-state index in [1.807, 2.05) is 10.6 Å². The van der Waals surface area contributed by atoms with Gasteiger partial charge in [-0.1, -0.05) is 6.92 Å². The number of carboxylic acid groups (broad SMARTS) is 1. The number of aromatic carboxylic acids is 1. The van der Waals surface area contributed by atoms with E-state index in [1.54, 1.807) is 18.3 Å². The van der Waals surface area contributed by atoms with Crippen LogP contribution in [0.2, 0.25) is 0 Å². The average molecular weight is 259 g/mol. The molecule has 0 amide bonds. The molecule has 5 heteroatoms. The highest BCUT2D eigenvalue weighted by molar-refractivity contribution is 5.87. The lowest BCUT2D eigenvalue weighted by Crippen LogP contribution is -2.19. The van der Waals surface area contributed by atoms with Crippen LogP contribution in [0.1, 0.15) is 35.3 Å². The Morgan fingerprint density at radius 2 is 2.32 bits per heavy atom. The van der Waals surface area contributed by atoms with Gasteiger partial charge in [0, 0.05) is 24.9 Å². The molecule has 0 radical (unpaired) electrons. The van der Waals surface area contributed by atoms with E-state index in [9.17, 15) is 4.79 Å². The number of likely N-dealkylation sites (tertiary alicyclic amines) is 1. The molecule has 0 spiro atoms. The van der Waals surface area contributed by atoms with Crippen molar-refractivity contribution < 1.29 is 9.90 Å². The van der Waals surface area contributed by atoms with Crippen LogP contribution >= 0.6 is 0 Å². The van der Waals surface area contributed by atoms with Gasteiger partial charge in [-0.25, -0.2) is 9.78 Å². The minimum atomic E-state index is -0.907. The number of hydrogen-bond donors (Lipinski definition) is 1. The summed E-state index contributed by atoms with van der Waals surface area (Å²) in [5.41, 5.74) is 2.17. The van der Waals surface area contributed by atoms with Crippen molar-refractivity contribution in [3.8, 4) is 0 Å². The van der Waals surface area contributed by atoms with E-state index in [4.69, 9.17) is 5.11 Å². The summed E-state index contributed by atoms with van der Waals surface area (Å²) in [5.74, 6) is -0.441. The Balaban J connectivity index is 1.91. The molecule has 2 aromatic heterocycles. The van der Waals surface area contributed by atoms with Crippen LogP contribution in [0.4, 0.5) is 0 Å². The maximum Gasteiger partial charge on any atom is 0.337 e. The van der Waals surface area contributed by atoms with Gasteiger partial charge in [0.2, 0.25) is 0 Å². The zero-order valence-corrected chi connectivity index (χ0v) is 10.9. The number of carbonyl (C=O) groups is 1. The standard InChI is InChI=1S/C14H17N3O2/c1-2-16-6-5-10(7-16)12-9-17-8-11(14(18)19)3-4-13(17)15-12/h3-4,8-10H,2,5-7H2,1H3,(H,18,19). The quantitative estimate of drug-likeness (QED) is 0.913. The number of carboxylic acids is 1. The van der Waals surface area contributed by atoms with Crippen molar-refractivity contribution in [3.05, 3.63) is 35.8 Å². The van der Waals surface area contributed by atoms with Crippen molar-refractivity contribution in [1.29, 1.82) is 0 Å². The van der Waals surface area contributed by atoms with E-state index in [1.165, 1.54) is 0 Å². The van der Waals surface area contributed by atoms with E-state index >= 15 is 0 Å². The second-order valence-electron chi connectivity index (χ2n) is 5.03. The first-order valence-corrected chi connectivity index (χ1v) is 6.61. The summed E-state index contributed by atoms with van der Waals surface area (Å²) in [7, 11) is 0. The maximum absolute atomic E-state index is 10.9. The van der Waals surface area contributed by atoms with E-state index in [0.717, 1.165) is 37.4 Å². The van der Waals surface area contributed by atoms with Crippen LogP contribution in [-0.2, 0) is 0 Å². The van der Waals surface area contributed by atoms with Crippen LogP contribution in [0.25, 0.3) is 5.65 Å². The van der Waals surface area contributed by atoms with Gasteiger partial charge in [-0.15, -0.1) is 0 Å². The summed E-state index contributed by atoms with van der Waals surface area (Å²) in [6.45, 7) is 5.42. The molecule has 1 saturated heterocycles. The van der Waals surface area contributed by atoms with Crippen molar-refractivity contribution in [2.24, 2.45) is 0 Å². The van der Waals surface area contributed by atoms with Crippen LogP contribution in [0.5, 0.6) is 0 Å². The minimum Gasteiger partial charge on any atom is -0.478 e. The third-order valence-corrected chi connectivity index (χ3v) is 3.85. The third-order valence-electron chi connectivity index (χ3n) is 3.85. The summed E-state index contributed by atoms with van der Waals surface area (Å²) < 4.78 is 1.81. The van der Waals surface area contributed by atoms with Crippen molar-refractivity contribution in [2.75, 3.05) is 19.6 Å². The van der Waals surface area contributed by atoms with Gasteiger partial charge in [0.05, 0.1) is 11.3 Å². The number of likely N-dealkylation sites (N-methyl/N-ethyl adjacent to an activating group) is 1. The monoisotopic (exact) mass is 259 g/mol. The summed E-state index contributed by atoms with van der Waals surface area (Å²) in [6, 6.07) is 3.36. The van der Waals surface area contributed by atoms with Gasteiger partial charge in [-0.2, -0.15) is 0 Å². The van der Waals surface area contributed by atoms with Gasteiger partial charge >= 0.3 is 5.97 Å². The number of aromatic nitrogens is 2. The Kier molecular flexibility index (Phi) is 2.98. The van der Waals surface area contributed by atoms with Crippen LogP contribution in [-0.4, -0.2) is 45.0 Å². The van der Waals surface area contributed by atoms with E-state index in [2.05, 4.69) is 16.8 Å². The van der Waals surface area contributed by atoms with E-state index in [-0.39, 0.29) is 5.56 Å². The molecule has 0 saturated carbocycles. The Morgan fingerprint density at radius 1 is 1.47 bits per heavy atom. The number of imidazole rings is 1. The number of nitrogens with zero attached hydrogens (tertiary/aromatic N) is 3. The molecule has 19 heavy (non-hydrogen) atoms. The van der Waals surface area contributed by atoms with Crippen molar-refractivity contribution in [3.63, 3.8) is 0 Å². The molecule has 1 aliphatic heterocycles. The molecule has 2 aromatic rings. The third kappa shape index (κ3) is 2.21. The number of pyridine rings is 1. The fourth-order valence-corrected chi connectivity index (χ4v) is 2.70. The second-order valence-corrected chi connectivity index (χ2v) is 5.03. The lowest BCUT2D eigenvalue weighted by molar-refractivity contribution is 0.0696. The average Bonchev–Trinajstić information content (AvgIpc) is 3.03. The molecule has 0 bridgehead atoms. The zero-order chi connectivity index (χ0) is 13.4. The topological polar surface area (TPSA) is 57.8 Å². The van der Waals surface area contributed by atoms with Crippen LogP contribution < -0.4 is 0 Å². The molecule has 0 aliphatic carbocycles. The van der Waals surface area contributed by atoms with Crippen molar-refractivity contribution in [1.82, 2.24) is 14.3 Å². The van der Waals surface area contributed by atoms with E-state index < -0.39 is 5.97 Å². The SMILES string of the molecule is CCN1CCC(c2cn3cc(C(=O)O)ccc3n2)C1. The molecular formula is C14H17N3O2. The Morgan fingerprint density at radius 3 is 3.00 bits per heavy atom. The summed E-state index contributed by atoms with van der Waals surface area (Å²) in [6.07, 6.45) is 4.72. The first-order chi connectivity index (χ1) is 9.17. The number of fused-ring (bicyclic) bond motifs is 1. The van der Waals surface area contributed by atoms with Crippen LogP contribution in [0, 0.1) is 0 Å². The van der Waals surface area contributed by atoms with Crippen molar-refractivity contribution >= 4 is 11.6 Å². The molecule has 100 valence electrons. The smallest absolute Gasteiger partial charge is 0.337 e. The fourth-order valence-electron chi connectivity index (χ4n) is 2.70. The molecule has 1 N–H and O–H groups in total. The molecule has 5 nitrogen and oxygen atoms in total. The fraction of sp³-hybridized carbons (Fsp3) is 0.429. The van der Waals surface area contributed by atoms with Gasteiger partial charge in [0.1, 0.15) is 5.65 Å². The zero-order valence-electron chi connectivity index (χ0n) is 10.9. The minimum absolute atomic E-state index is 0.290. The highest BCUT2D eigenvalue weighted by Crippen LogP contribution is 2.26. The second kappa shape index (κ2) is 4.66. The Bertz CT molecular complexity index is 620. The summed E-state index contributed by atoms with van der Waals surface area (Å²) in [5, 5.41) is 8.99.